The van der Waals surface area contributed by atoms with Gasteiger partial charge in [-0.25, -0.2) is 0 Å². The zero-order valence-electron chi connectivity index (χ0n) is 16.0. The molecule has 9 unspecified atom stereocenters. The molecule has 4 saturated carbocycles. The number of rotatable bonds is 0. The molecule has 0 aromatic carbocycles. The van der Waals surface area contributed by atoms with Gasteiger partial charge >= 0.3 is 11.9 Å². The minimum absolute atomic E-state index is 0.261. The van der Waals surface area contributed by atoms with Gasteiger partial charge in [0.1, 0.15) is 0 Å². The normalized spacial score (nSPS) is 53.6. The van der Waals surface area contributed by atoms with Gasteiger partial charge in [-0.15, -0.1) is 0 Å². The summed E-state index contributed by atoms with van der Waals surface area (Å²) in [4.78, 5) is 22.5. The van der Waals surface area contributed by atoms with Crippen molar-refractivity contribution in [2.24, 2.45) is 52.8 Å². The fourth-order valence-electron chi connectivity index (χ4n) is 8.14. The summed E-state index contributed by atoms with van der Waals surface area (Å²) in [5, 5.41) is 0. The molecule has 27 heavy (non-hydrogen) atoms. The number of ether oxygens (including phenoxy) is 1. The van der Waals surface area contributed by atoms with Crippen LogP contribution in [-0.4, -0.2) is 11.9 Å². The molecular formula is C24H28O3. The molecule has 7 rings (SSSR count). The molecule has 7 aliphatic rings. The third-order valence-corrected chi connectivity index (χ3v) is 9.07. The van der Waals surface area contributed by atoms with Crippen molar-refractivity contribution < 1.29 is 14.3 Å². The lowest BCUT2D eigenvalue weighted by Crippen LogP contribution is -2.30. The predicted octanol–water partition coefficient (Wildman–Crippen LogP) is 4.45. The minimum Gasteiger partial charge on any atom is -0.393 e. The van der Waals surface area contributed by atoms with Gasteiger partial charge in [-0.3, -0.25) is 9.59 Å². The Bertz CT molecular complexity index is 804. The average molecular weight is 364 g/mol. The summed E-state index contributed by atoms with van der Waals surface area (Å²) in [6, 6.07) is 0. The standard InChI is InChI=1S/C14H18.C10H10O3/c1-2-8-5-11-7-12(8)14-10-4-3-9(6-10)13(11)14;11-8-5-10(9(12)13-8)4-6-1-2-7(10)3-6/h2-4,9-14H,5-7H2,1H3;1-2,6-7H,3-5H2/b8-2+;. The number of cyclic esters (lactones) is 2. The van der Waals surface area contributed by atoms with Crippen LogP contribution < -0.4 is 0 Å². The van der Waals surface area contributed by atoms with Crippen molar-refractivity contribution in [3.8, 4) is 0 Å². The maximum Gasteiger partial charge on any atom is 0.320 e. The Kier molecular flexibility index (Phi) is 3.30. The van der Waals surface area contributed by atoms with Gasteiger partial charge in [0.05, 0.1) is 11.8 Å². The number of esters is 2. The molecule has 6 bridgehead atoms. The molecule has 1 heterocycles. The van der Waals surface area contributed by atoms with Crippen LogP contribution in [0.15, 0.2) is 36.0 Å². The van der Waals surface area contributed by atoms with E-state index in [2.05, 4.69) is 42.0 Å². The third kappa shape index (κ3) is 2.09. The van der Waals surface area contributed by atoms with E-state index in [1.807, 2.05) is 0 Å². The maximum absolute atomic E-state index is 11.5. The van der Waals surface area contributed by atoms with Crippen LogP contribution in [0, 0.1) is 52.8 Å². The van der Waals surface area contributed by atoms with Crippen LogP contribution >= 0.6 is 0 Å². The van der Waals surface area contributed by atoms with E-state index in [-0.39, 0.29) is 17.9 Å². The van der Waals surface area contributed by atoms with Crippen molar-refractivity contribution in [2.45, 2.75) is 45.4 Å². The zero-order valence-corrected chi connectivity index (χ0v) is 16.0. The van der Waals surface area contributed by atoms with Crippen LogP contribution in [0.25, 0.3) is 0 Å². The van der Waals surface area contributed by atoms with Gasteiger partial charge in [0.15, 0.2) is 0 Å². The van der Waals surface area contributed by atoms with Crippen molar-refractivity contribution in [3.63, 3.8) is 0 Å². The Hall–Kier alpha value is -1.64. The summed E-state index contributed by atoms with van der Waals surface area (Å²) in [7, 11) is 0. The van der Waals surface area contributed by atoms with E-state index in [1.54, 1.807) is 5.57 Å². The number of carbonyl (C=O) groups excluding carboxylic acids is 2. The predicted molar refractivity (Wildman–Crippen MR) is 101 cm³/mol. The number of fused-ring (bicyclic) bond motifs is 12. The van der Waals surface area contributed by atoms with E-state index in [9.17, 15) is 9.59 Å². The van der Waals surface area contributed by atoms with Crippen LogP contribution in [0.5, 0.6) is 0 Å². The molecular weight excluding hydrogens is 336 g/mol. The fourth-order valence-corrected chi connectivity index (χ4v) is 8.14. The molecule has 0 radical (unpaired) electrons. The highest BCUT2D eigenvalue weighted by Crippen LogP contribution is 2.66. The monoisotopic (exact) mass is 364 g/mol. The Morgan fingerprint density at radius 3 is 2.48 bits per heavy atom. The molecule has 6 aliphatic carbocycles. The maximum atomic E-state index is 11.5. The van der Waals surface area contributed by atoms with Gasteiger partial charge in [0.2, 0.25) is 0 Å². The molecule has 9 atom stereocenters. The Balaban J connectivity index is 0.000000109. The van der Waals surface area contributed by atoms with Crippen LogP contribution in [0.3, 0.4) is 0 Å². The lowest BCUT2D eigenvalue weighted by Gasteiger charge is -2.33. The number of hydrogen-bond donors (Lipinski definition) is 0. The SMILES string of the molecule is C/C=C1\CC2CC1C1C3C=CC(C3)C21.O=C1CC2(CC3C=CC2C3)C(=O)O1. The number of hydrogen-bond acceptors (Lipinski definition) is 3. The lowest BCUT2D eigenvalue weighted by atomic mass is 9.71. The van der Waals surface area contributed by atoms with Crippen LogP contribution in [0.2, 0.25) is 0 Å². The van der Waals surface area contributed by atoms with Crippen molar-refractivity contribution in [1.82, 2.24) is 0 Å². The smallest absolute Gasteiger partial charge is 0.320 e. The van der Waals surface area contributed by atoms with Gasteiger partial charge in [0.25, 0.3) is 0 Å². The first kappa shape index (κ1) is 16.3. The largest absolute Gasteiger partial charge is 0.393 e. The third-order valence-electron chi connectivity index (χ3n) is 9.07. The van der Waals surface area contributed by atoms with Gasteiger partial charge < -0.3 is 4.74 Å². The molecule has 5 fully saturated rings. The van der Waals surface area contributed by atoms with Crippen molar-refractivity contribution in [3.05, 3.63) is 36.0 Å². The molecule has 0 N–H and O–H groups in total. The van der Waals surface area contributed by atoms with Gasteiger partial charge in [-0.2, -0.15) is 0 Å². The van der Waals surface area contributed by atoms with Crippen LogP contribution in [-0.2, 0) is 14.3 Å². The molecule has 3 heteroatoms. The molecule has 1 spiro atoms. The summed E-state index contributed by atoms with van der Waals surface area (Å²) in [5.74, 6) is 6.31. The van der Waals surface area contributed by atoms with E-state index in [0.717, 1.165) is 48.3 Å². The molecule has 0 aromatic rings. The fraction of sp³-hybridized carbons (Fsp3) is 0.667. The van der Waals surface area contributed by atoms with Crippen molar-refractivity contribution >= 4 is 11.9 Å². The number of carbonyl (C=O) groups is 2. The summed E-state index contributed by atoms with van der Waals surface area (Å²) < 4.78 is 4.64. The summed E-state index contributed by atoms with van der Waals surface area (Å²) in [5.41, 5.74) is 1.34. The summed E-state index contributed by atoms with van der Waals surface area (Å²) in [6.07, 6.45) is 18.3. The average Bonchev–Trinajstić information content (AvgIpc) is 3.48. The minimum atomic E-state index is -0.462. The van der Waals surface area contributed by atoms with Gasteiger partial charge in [-0.05, 0) is 86.4 Å². The first-order valence-electron chi connectivity index (χ1n) is 10.9. The molecule has 0 amide bonds. The van der Waals surface area contributed by atoms with Crippen molar-refractivity contribution in [1.29, 1.82) is 0 Å². The summed E-state index contributed by atoms with van der Waals surface area (Å²) in [6.45, 7) is 2.24. The topological polar surface area (TPSA) is 43.4 Å². The highest BCUT2D eigenvalue weighted by atomic mass is 16.6. The Morgan fingerprint density at radius 1 is 1.04 bits per heavy atom. The molecule has 1 aliphatic heterocycles. The van der Waals surface area contributed by atoms with E-state index in [1.165, 1.54) is 19.3 Å². The quantitative estimate of drug-likeness (QED) is 0.276. The second kappa shape index (κ2) is 5.46. The van der Waals surface area contributed by atoms with E-state index in [0.29, 0.717) is 12.3 Å². The van der Waals surface area contributed by atoms with E-state index in [4.69, 9.17) is 0 Å². The highest BCUT2D eigenvalue weighted by Gasteiger charge is 2.60. The van der Waals surface area contributed by atoms with E-state index < -0.39 is 5.41 Å². The Labute approximate surface area is 160 Å². The first-order valence-corrected chi connectivity index (χ1v) is 10.9. The lowest BCUT2D eigenvalue weighted by molar-refractivity contribution is -0.155. The van der Waals surface area contributed by atoms with Crippen LogP contribution in [0.1, 0.15) is 45.4 Å². The second-order valence-electron chi connectivity index (χ2n) is 10.1. The molecule has 3 nitrogen and oxygen atoms in total. The van der Waals surface area contributed by atoms with Gasteiger partial charge in [-0.1, -0.05) is 36.0 Å². The zero-order chi connectivity index (χ0) is 18.3. The Morgan fingerprint density at radius 2 is 1.85 bits per heavy atom. The first-order chi connectivity index (χ1) is 13.1. The van der Waals surface area contributed by atoms with Crippen LogP contribution in [0.4, 0.5) is 0 Å². The molecule has 142 valence electrons. The molecule has 1 saturated heterocycles. The second-order valence-corrected chi connectivity index (χ2v) is 10.1. The number of allylic oxidation sites excluding steroid dienone is 6. The highest BCUT2D eigenvalue weighted by molar-refractivity contribution is 5.98. The molecule has 0 aromatic heterocycles. The van der Waals surface area contributed by atoms with E-state index >= 15 is 0 Å². The van der Waals surface area contributed by atoms with Crippen molar-refractivity contribution in [2.75, 3.05) is 0 Å². The van der Waals surface area contributed by atoms with Gasteiger partial charge in [0, 0.05) is 0 Å². The summed E-state index contributed by atoms with van der Waals surface area (Å²) >= 11 is 0.